The Morgan fingerprint density at radius 1 is 1.16 bits per heavy atom. The van der Waals surface area contributed by atoms with Crippen LogP contribution in [0, 0.1) is 11.6 Å². The number of methoxy groups -OCH3 is 2. The van der Waals surface area contributed by atoms with Gasteiger partial charge in [-0.1, -0.05) is 11.6 Å². The highest BCUT2D eigenvalue weighted by Gasteiger charge is 2.23. The molecule has 0 bridgehead atoms. The van der Waals surface area contributed by atoms with Gasteiger partial charge in [-0.05, 0) is 50.6 Å². The van der Waals surface area contributed by atoms with Gasteiger partial charge in [0.15, 0.2) is 0 Å². The third kappa shape index (κ3) is 6.04. The van der Waals surface area contributed by atoms with E-state index in [1.165, 1.54) is 26.4 Å². The molecular formula is C24H28F2N2O3. The van der Waals surface area contributed by atoms with Crippen LogP contribution in [0.25, 0.3) is 6.08 Å². The monoisotopic (exact) mass is 430 g/mol. The summed E-state index contributed by atoms with van der Waals surface area (Å²) in [5.74, 6) is -0.363. The van der Waals surface area contributed by atoms with Crippen LogP contribution < -0.4 is 14.8 Å². The first-order valence-electron chi connectivity index (χ1n) is 10.3. The highest BCUT2D eigenvalue weighted by Crippen LogP contribution is 2.24. The Labute approximate surface area is 181 Å². The molecule has 0 radical (unpaired) electrons. The molecule has 0 aliphatic carbocycles. The fourth-order valence-electron chi connectivity index (χ4n) is 3.74. The maximum absolute atomic E-state index is 14.1. The molecule has 2 aromatic rings. The van der Waals surface area contributed by atoms with Crippen LogP contribution >= 0.6 is 0 Å². The SMILES string of the molecule is COc1cc(OC)cc(C(=O)N(CC(C)=Cc2ccc(F)cc2F)C[C@H]2CCCN2)c1. The highest BCUT2D eigenvalue weighted by molar-refractivity contribution is 5.95. The van der Waals surface area contributed by atoms with Crippen molar-refractivity contribution in [1.82, 2.24) is 10.2 Å². The topological polar surface area (TPSA) is 50.8 Å². The van der Waals surface area contributed by atoms with Crippen molar-refractivity contribution in [2.45, 2.75) is 25.8 Å². The van der Waals surface area contributed by atoms with Crippen molar-refractivity contribution in [3.63, 3.8) is 0 Å². The van der Waals surface area contributed by atoms with E-state index in [1.807, 2.05) is 6.92 Å². The zero-order valence-corrected chi connectivity index (χ0v) is 18.1. The number of carbonyl (C=O) groups excluding carboxylic acids is 1. The number of carbonyl (C=O) groups is 1. The number of hydrogen-bond acceptors (Lipinski definition) is 4. The van der Waals surface area contributed by atoms with Crippen LogP contribution in [0.2, 0.25) is 0 Å². The number of amides is 1. The molecule has 1 aliphatic rings. The van der Waals surface area contributed by atoms with Gasteiger partial charge in [0.05, 0.1) is 14.2 Å². The number of benzene rings is 2. The Hall–Kier alpha value is -2.93. The van der Waals surface area contributed by atoms with Crippen molar-refractivity contribution in [2.75, 3.05) is 33.9 Å². The number of nitrogens with one attached hydrogen (secondary N) is 1. The lowest BCUT2D eigenvalue weighted by molar-refractivity contribution is 0.0756. The maximum Gasteiger partial charge on any atom is 0.254 e. The molecule has 5 nitrogen and oxygen atoms in total. The lowest BCUT2D eigenvalue weighted by Crippen LogP contribution is -2.42. The molecule has 1 saturated heterocycles. The lowest BCUT2D eigenvalue weighted by atomic mass is 10.1. The maximum atomic E-state index is 14.1. The fourth-order valence-corrected chi connectivity index (χ4v) is 3.74. The number of halogens is 2. The van der Waals surface area contributed by atoms with Crippen molar-refractivity contribution >= 4 is 12.0 Å². The summed E-state index contributed by atoms with van der Waals surface area (Å²) in [5, 5.41) is 3.41. The predicted molar refractivity (Wildman–Crippen MR) is 116 cm³/mol. The average Bonchev–Trinajstić information content (AvgIpc) is 3.27. The second-order valence-corrected chi connectivity index (χ2v) is 7.74. The van der Waals surface area contributed by atoms with Gasteiger partial charge in [0.1, 0.15) is 23.1 Å². The van der Waals surface area contributed by atoms with Gasteiger partial charge in [-0.3, -0.25) is 4.79 Å². The van der Waals surface area contributed by atoms with E-state index in [2.05, 4.69) is 5.32 Å². The number of hydrogen-bond donors (Lipinski definition) is 1. The summed E-state index contributed by atoms with van der Waals surface area (Å²) in [7, 11) is 3.07. The summed E-state index contributed by atoms with van der Waals surface area (Å²) < 4.78 is 37.9. The van der Waals surface area contributed by atoms with Crippen molar-refractivity contribution in [2.24, 2.45) is 0 Å². The normalized spacial score (nSPS) is 16.3. The second kappa shape index (κ2) is 10.4. The van der Waals surface area contributed by atoms with Crippen LogP contribution in [0.1, 0.15) is 35.7 Å². The van der Waals surface area contributed by atoms with Gasteiger partial charge in [0.25, 0.3) is 5.91 Å². The fraction of sp³-hybridized carbons (Fsp3) is 0.375. The third-order valence-electron chi connectivity index (χ3n) is 5.29. The summed E-state index contributed by atoms with van der Waals surface area (Å²) in [5.41, 5.74) is 1.52. The number of nitrogens with zero attached hydrogens (tertiary/aromatic N) is 1. The second-order valence-electron chi connectivity index (χ2n) is 7.74. The molecule has 0 aromatic heterocycles. The number of ether oxygens (including phenoxy) is 2. The molecule has 31 heavy (non-hydrogen) atoms. The molecule has 7 heteroatoms. The Kier molecular flexibility index (Phi) is 7.63. The van der Waals surface area contributed by atoms with E-state index in [0.29, 0.717) is 30.2 Å². The molecule has 0 unspecified atom stereocenters. The summed E-state index contributed by atoms with van der Waals surface area (Å²) >= 11 is 0. The summed E-state index contributed by atoms with van der Waals surface area (Å²) in [6, 6.07) is 8.74. The molecule has 3 rings (SSSR count). The average molecular weight is 430 g/mol. The highest BCUT2D eigenvalue weighted by atomic mass is 19.1. The predicted octanol–water partition coefficient (Wildman–Crippen LogP) is 4.28. The Balaban J connectivity index is 1.87. The molecule has 1 fully saturated rings. The van der Waals surface area contributed by atoms with Gasteiger partial charge in [-0.25, -0.2) is 8.78 Å². The number of rotatable bonds is 8. The van der Waals surface area contributed by atoms with E-state index >= 15 is 0 Å². The first-order valence-corrected chi connectivity index (χ1v) is 10.3. The standard InChI is InChI=1S/C24H28F2N2O3/c1-16(9-17-6-7-19(25)12-23(17)26)14-28(15-20-5-4-8-27-20)24(29)18-10-21(30-2)13-22(11-18)31-3/h6-7,9-13,20,27H,4-5,8,14-15H2,1-3H3/t20-/m1/s1. The molecule has 1 atom stereocenters. The quantitative estimate of drug-likeness (QED) is 0.679. The largest absolute Gasteiger partial charge is 0.497 e. The summed E-state index contributed by atoms with van der Waals surface area (Å²) in [6.45, 7) is 3.59. The first-order chi connectivity index (χ1) is 14.9. The molecule has 0 spiro atoms. The van der Waals surface area contributed by atoms with E-state index in [0.717, 1.165) is 31.0 Å². The molecule has 1 amide bonds. The van der Waals surface area contributed by atoms with Gasteiger partial charge in [-0.2, -0.15) is 0 Å². The van der Waals surface area contributed by atoms with E-state index in [4.69, 9.17) is 9.47 Å². The molecule has 166 valence electrons. The van der Waals surface area contributed by atoms with E-state index in [-0.39, 0.29) is 17.5 Å². The van der Waals surface area contributed by atoms with E-state index in [1.54, 1.807) is 29.2 Å². The Bertz CT molecular complexity index is 934. The minimum atomic E-state index is -0.632. The van der Waals surface area contributed by atoms with Crippen LogP contribution in [0.4, 0.5) is 8.78 Å². The first kappa shape index (κ1) is 22.7. The zero-order valence-electron chi connectivity index (χ0n) is 18.1. The van der Waals surface area contributed by atoms with Crippen LogP contribution in [-0.2, 0) is 0 Å². The van der Waals surface area contributed by atoms with Crippen LogP contribution in [-0.4, -0.2) is 50.7 Å². The van der Waals surface area contributed by atoms with Crippen LogP contribution in [0.3, 0.4) is 0 Å². The van der Waals surface area contributed by atoms with Crippen molar-refractivity contribution < 1.29 is 23.0 Å². The molecule has 0 saturated carbocycles. The van der Waals surface area contributed by atoms with E-state index < -0.39 is 11.6 Å². The third-order valence-corrected chi connectivity index (χ3v) is 5.29. The summed E-state index contributed by atoms with van der Waals surface area (Å²) in [6.07, 6.45) is 3.69. The van der Waals surface area contributed by atoms with Gasteiger partial charge < -0.3 is 19.7 Å². The van der Waals surface area contributed by atoms with Crippen molar-refractivity contribution in [1.29, 1.82) is 0 Å². The van der Waals surface area contributed by atoms with Crippen LogP contribution in [0.5, 0.6) is 11.5 Å². The van der Waals surface area contributed by atoms with Gasteiger partial charge >= 0.3 is 0 Å². The van der Waals surface area contributed by atoms with Gasteiger partial charge in [0.2, 0.25) is 0 Å². The minimum Gasteiger partial charge on any atom is -0.497 e. The minimum absolute atomic E-state index is 0.168. The van der Waals surface area contributed by atoms with Gasteiger partial charge in [0, 0.05) is 42.4 Å². The van der Waals surface area contributed by atoms with Crippen molar-refractivity contribution in [3.05, 3.63) is 64.7 Å². The van der Waals surface area contributed by atoms with Gasteiger partial charge in [-0.15, -0.1) is 0 Å². The molecular weight excluding hydrogens is 402 g/mol. The molecule has 1 aliphatic heterocycles. The molecule has 2 aromatic carbocycles. The summed E-state index contributed by atoms with van der Waals surface area (Å²) in [4.78, 5) is 15.1. The smallest absolute Gasteiger partial charge is 0.254 e. The Morgan fingerprint density at radius 2 is 1.87 bits per heavy atom. The van der Waals surface area contributed by atoms with Crippen LogP contribution in [0.15, 0.2) is 42.0 Å². The lowest BCUT2D eigenvalue weighted by Gasteiger charge is -2.27. The van der Waals surface area contributed by atoms with Crippen molar-refractivity contribution in [3.8, 4) is 11.5 Å². The molecule has 1 N–H and O–H groups in total. The Morgan fingerprint density at radius 3 is 2.45 bits per heavy atom. The molecule has 1 heterocycles. The zero-order chi connectivity index (χ0) is 22.4. The van der Waals surface area contributed by atoms with E-state index in [9.17, 15) is 13.6 Å².